The average molecular weight is 181 g/mol. The molecule has 0 aromatic carbocycles. The molecule has 0 unspecified atom stereocenters. The van der Waals surface area contributed by atoms with Gasteiger partial charge in [-0.15, -0.1) is 0 Å². The van der Waals surface area contributed by atoms with Gasteiger partial charge in [-0.25, -0.2) is 0 Å². The predicted octanol–water partition coefficient (Wildman–Crippen LogP) is 0.0839. The van der Waals surface area contributed by atoms with Crippen LogP contribution in [0.3, 0.4) is 0 Å². The number of nitrogens with zero attached hydrogens (tertiary/aromatic N) is 2. The molecular weight excluding hydrogens is 166 g/mol. The SMILES string of the molecule is CCCn1cc(C2(O)CNC2)cn1. The lowest BCUT2D eigenvalue weighted by atomic mass is 9.91. The fraction of sp³-hybridized carbons (Fsp3) is 0.667. The molecule has 1 aromatic heterocycles. The molecule has 0 aliphatic carbocycles. The van der Waals surface area contributed by atoms with Crippen molar-refractivity contribution in [3.63, 3.8) is 0 Å². The summed E-state index contributed by atoms with van der Waals surface area (Å²) >= 11 is 0. The van der Waals surface area contributed by atoms with Crippen LogP contribution in [0.25, 0.3) is 0 Å². The molecule has 1 aliphatic heterocycles. The molecule has 1 fully saturated rings. The highest BCUT2D eigenvalue weighted by Gasteiger charge is 2.37. The van der Waals surface area contributed by atoms with Gasteiger partial charge in [-0.3, -0.25) is 4.68 Å². The van der Waals surface area contributed by atoms with E-state index in [0.717, 1.165) is 18.5 Å². The van der Waals surface area contributed by atoms with Gasteiger partial charge in [-0.1, -0.05) is 6.92 Å². The molecule has 1 aromatic rings. The Morgan fingerprint density at radius 2 is 2.46 bits per heavy atom. The second-order valence-corrected chi connectivity index (χ2v) is 3.63. The van der Waals surface area contributed by atoms with E-state index >= 15 is 0 Å². The monoisotopic (exact) mass is 181 g/mol. The van der Waals surface area contributed by atoms with Crippen molar-refractivity contribution in [2.75, 3.05) is 13.1 Å². The second kappa shape index (κ2) is 3.12. The third-order valence-corrected chi connectivity index (χ3v) is 2.46. The smallest absolute Gasteiger partial charge is 0.117 e. The first-order valence-corrected chi connectivity index (χ1v) is 4.70. The van der Waals surface area contributed by atoms with Crippen LogP contribution in [0.2, 0.25) is 0 Å². The van der Waals surface area contributed by atoms with Crippen molar-refractivity contribution in [1.29, 1.82) is 0 Å². The lowest BCUT2D eigenvalue weighted by Gasteiger charge is -2.36. The fourth-order valence-corrected chi connectivity index (χ4v) is 1.52. The first-order valence-electron chi connectivity index (χ1n) is 4.70. The Morgan fingerprint density at radius 3 is 3.00 bits per heavy atom. The topological polar surface area (TPSA) is 50.1 Å². The van der Waals surface area contributed by atoms with Crippen molar-refractivity contribution in [1.82, 2.24) is 15.1 Å². The predicted molar refractivity (Wildman–Crippen MR) is 49.3 cm³/mol. The molecule has 2 heterocycles. The maximum atomic E-state index is 9.95. The van der Waals surface area contributed by atoms with Gasteiger partial charge >= 0.3 is 0 Å². The zero-order valence-electron chi connectivity index (χ0n) is 7.82. The molecule has 4 heteroatoms. The molecule has 0 saturated carbocycles. The Labute approximate surface area is 77.6 Å². The average Bonchev–Trinajstić information content (AvgIpc) is 2.50. The van der Waals surface area contributed by atoms with Crippen LogP contribution < -0.4 is 5.32 Å². The lowest BCUT2D eigenvalue weighted by molar-refractivity contribution is -0.0147. The minimum absolute atomic E-state index is 0.644. The van der Waals surface area contributed by atoms with E-state index in [1.165, 1.54) is 0 Å². The molecule has 1 saturated heterocycles. The highest BCUT2D eigenvalue weighted by Crippen LogP contribution is 2.24. The molecule has 1 aliphatic rings. The van der Waals surface area contributed by atoms with E-state index in [-0.39, 0.29) is 0 Å². The Morgan fingerprint density at radius 1 is 1.69 bits per heavy atom. The van der Waals surface area contributed by atoms with Gasteiger partial charge in [0.15, 0.2) is 0 Å². The van der Waals surface area contributed by atoms with Crippen LogP contribution in [0.1, 0.15) is 18.9 Å². The van der Waals surface area contributed by atoms with E-state index in [4.69, 9.17) is 0 Å². The maximum absolute atomic E-state index is 9.95. The summed E-state index contributed by atoms with van der Waals surface area (Å²) in [4.78, 5) is 0. The van der Waals surface area contributed by atoms with E-state index in [2.05, 4.69) is 17.3 Å². The minimum Gasteiger partial charge on any atom is -0.382 e. The van der Waals surface area contributed by atoms with Crippen molar-refractivity contribution in [2.45, 2.75) is 25.5 Å². The zero-order chi connectivity index (χ0) is 9.31. The van der Waals surface area contributed by atoms with Crippen molar-refractivity contribution >= 4 is 0 Å². The third kappa shape index (κ3) is 1.47. The van der Waals surface area contributed by atoms with Crippen molar-refractivity contribution in [2.24, 2.45) is 0 Å². The van der Waals surface area contributed by atoms with Crippen LogP contribution in [-0.2, 0) is 12.1 Å². The number of nitrogens with one attached hydrogen (secondary N) is 1. The summed E-state index contributed by atoms with van der Waals surface area (Å²) in [6.07, 6.45) is 4.76. The van der Waals surface area contributed by atoms with Crippen LogP contribution in [0, 0.1) is 0 Å². The number of aryl methyl sites for hydroxylation is 1. The fourth-order valence-electron chi connectivity index (χ4n) is 1.52. The Bertz CT molecular complexity index is 291. The van der Waals surface area contributed by atoms with Crippen LogP contribution in [0.5, 0.6) is 0 Å². The summed E-state index contributed by atoms with van der Waals surface area (Å²) in [5.41, 5.74) is 0.270. The number of aliphatic hydroxyl groups is 1. The number of rotatable bonds is 3. The van der Waals surface area contributed by atoms with Gasteiger partial charge in [0.1, 0.15) is 5.60 Å². The summed E-state index contributed by atoms with van der Waals surface area (Å²) in [5, 5.41) is 17.2. The van der Waals surface area contributed by atoms with Crippen molar-refractivity contribution in [3.8, 4) is 0 Å². The highest BCUT2D eigenvalue weighted by atomic mass is 16.3. The number of aromatic nitrogens is 2. The number of β-amino-alcohol motifs (C(OH)–C–C–N with tert-alkyl or cyclic N) is 1. The van der Waals surface area contributed by atoms with Gasteiger partial charge in [-0.05, 0) is 6.42 Å². The van der Waals surface area contributed by atoms with Gasteiger partial charge in [0.25, 0.3) is 0 Å². The van der Waals surface area contributed by atoms with Gasteiger partial charge in [0, 0.05) is 31.4 Å². The molecule has 0 radical (unpaired) electrons. The number of hydrogen-bond acceptors (Lipinski definition) is 3. The molecule has 2 rings (SSSR count). The molecule has 72 valence electrons. The lowest BCUT2D eigenvalue weighted by Crippen LogP contribution is -2.56. The Balaban J connectivity index is 2.12. The second-order valence-electron chi connectivity index (χ2n) is 3.63. The van der Waals surface area contributed by atoms with Crippen molar-refractivity contribution < 1.29 is 5.11 Å². The minimum atomic E-state index is -0.661. The first-order chi connectivity index (χ1) is 6.24. The van der Waals surface area contributed by atoms with Gasteiger partial charge in [-0.2, -0.15) is 5.10 Å². The molecule has 4 nitrogen and oxygen atoms in total. The molecule has 13 heavy (non-hydrogen) atoms. The molecule has 0 bridgehead atoms. The zero-order valence-corrected chi connectivity index (χ0v) is 7.82. The number of hydrogen-bond donors (Lipinski definition) is 2. The molecule has 0 spiro atoms. The van der Waals surface area contributed by atoms with E-state index in [9.17, 15) is 5.11 Å². The summed E-state index contributed by atoms with van der Waals surface area (Å²) in [6.45, 7) is 4.32. The summed E-state index contributed by atoms with van der Waals surface area (Å²) < 4.78 is 1.88. The molecule has 2 N–H and O–H groups in total. The standard InChI is InChI=1S/C9H15N3O/c1-2-3-12-5-8(4-11-12)9(13)6-10-7-9/h4-5,10,13H,2-3,6-7H2,1H3. The van der Waals surface area contributed by atoms with Crippen LogP contribution >= 0.6 is 0 Å². The van der Waals surface area contributed by atoms with Crippen LogP contribution in [-0.4, -0.2) is 28.0 Å². The maximum Gasteiger partial charge on any atom is 0.117 e. The van der Waals surface area contributed by atoms with Gasteiger partial charge in [0.2, 0.25) is 0 Å². The largest absolute Gasteiger partial charge is 0.382 e. The summed E-state index contributed by atoms with van der Waals surface area (Å²) in [5.74, 6) is 0. The normalized spacial score (nSPS) is 19.8. The highest BCUT2D eigenvalue weighted by molar-refractivity contribution is 5.20. The summed E-state index contributed by atoms with van der Waals surface area (Å²) in [6, 6.07) is 0. The van der Waals surface area contributed by atoms with Crippen LogP contribution in [0.4, 0.5) is 0 Å². The van der Waals surface area contributed by atoms with Crippen molar-refractivity contribution in [3.05, 3.63) is 18.0 Å². The molecule has 0 amide bonds. The molecule has 0 atom stereocenters. The summed E-state index contributed by atoms with van der Waals surface area (Å²) in [7, 11) is 0. The van der Waals surface area contributed by atoms with E-state index in [1.807, 2.05) is 10.9 Å². The van der Waals surface area contributed by atoms with Gasteiger partial charge < -0.3 is 10.4 Å². The van der Waals surface area contributed by atoms with Crippen LogP contribution in [0.15, 0.2) is 12.4 Å². The Hall–Kier alpha value is -0.870. The van der Waals surface area contributed by atoms with E-state index in [1.54, 1.807) is 6.20 Å². The molecular formula is C9H15N3O. The third-order valence-electron chi connectivity index (χ3n) is 2.46. The first kappa shape index (κ1) is 8.72. The van der Waals surface area contributed by atoms with Gasteiger partial charge in [0.05, 0.1) is 6.20 Å². The Kier molecular flexibility index (Phi) is 2.09. The van der Waals surface area contributed by atoms with E-state index in [0.29, 0.717) is 13.1 Å². The van der Waals surface area contributed by atoms with E-state index < -0.39 is 5.60 Å². The quantitative estimate of drug-likeness (QED) is 0.694.